The van der Waals surface area contributed by atoms with Crippen LogP contribution in [0.3, 0.4) is 0 Å². The van der Waals surface area contributed by atoms with E-state index in [1.807, 2.05) is 36.9 Å². The largest absolute Gasteiger partial charge is 0.496 e. The van der Waals surface area contributed by atoms with Gasteiger partial charge in [-0.2, -0.15) is 11.8 Å². The van der Waals surface area contributed by atoms with Crippen molar-refractivity contribution in [3.63, 3.8) is 0 Å². The molecule has 0 bridgehead atoms. The molecule has 3 unspecified atom stereocenters. The second kappa shape index (κ2) is 6.23. The van der Waals surface area contributed by atoms with Crippen LogP contribution < -0.4 is 4.74 Å². The fraction of sp³-hybridized carbons (Fsp3) is 0.533. The summed E-state index contributed by atoms with van der Waals surface area (Å²) in [6.45, 7) is 6.44. The van der Waals surface area contributed by atoms with E-state index in [2.05, 4.69) is 13.8 Å². The van der Waals surface area contributed by atoms with Crippen LogP contribution in [0.25, 0.3) is 0 Å². The Balaban J connectivity index is 2.22. The molecule has 1 aliphatic heterocycles. The van der Waals surface area contributed by atoms with Crippen LogP contribution in [0.15, 0.2) is 18.2 Å². The van der Waals surface area contributed by atoms with Gasteiger partial charge in [0.25, 0.3) is 0 Å². The van der Waals surface area contributed by atoms with Crippen LogP contribution in [0.4, 0.5) is 0 Å². The van der Waals surface area contributed by atoms with Crippen LogP contribution in [-0.2, 0) is 0 Å². The fourth-order valence-electron chi connectivity index (χ4n) is 2.11. The number of ketones is 1. The Hall–Kier alpha value is -0.610. The lowest BCUT2D eigenvalue weighted by atomic mass is 10.0. The van der Waals surface area contributed by atoms with Gasteiger partial charge in [0.15, 0.2) is 5.78 Å². The number of hydrogen-bond acceptors (Lipinski definition) is 4. The third-order valence-electron chi connectivity index (χ3n) is 3.46. The van der Waals surface area contributed by atoms with Gasteiger partial charge in [-0.1, -0.05) is 25.5 Å². The number of ether oxygens (including phenoxy) is 1. The van der Waals surface area contributed by atoms with Gasteiger partial charge in [0.1, 0.15) is 5.75 Å². The average Bonchev–Trinajstić information content (AvgIpc) is 2.41. The van der Waals surface area contributed by atoms with Crippen LogP contribution >= 0.6 is 23.5 Å². The molecule has 1 aliphatic rings. The minimum Gasteiger partial charge on any atom is -0.496 e. The quantitative estimate of drug-likeness (QED) is 0.792. The van der Waals surface area contributed by atoms with E-state index in [4.69, 9.17) is 4.74 Å². The highest BCUT2D eigenvalue weighted by Crippen LogP contribution is 2.38. The van der Waals surface area contributed by atoms with E-state index in [1.54, 1.807) is 18.9 Å². The molecule has 0 aromatic heterocycles. The molecule has 2 nitrogen and oxygen atoms in total. The van der Waals surface area contributed by atoms with Crippen LogP contribution in [0, 0.1) is 6.92 Å². The molecule has 0 saturated carbocycles. The molecule has 0 spiro atoms. The summed E-state index contributed by atoms with van der Waals surface area (Å²) < 4.78 is 5.32. The van der Waals surface area contributed by atoms with Crippen molar-refractivity contribution in [1.82, 2.24) is 0 Å². The molecule has 104 valence electrons. The normalized spacial score (nSPS) is 27.1. The van der Waals surface area contributed by atoms with Crippen LogP contribution in [-0.4, -0.2) is 34.4 Å². The Labute approximate surface area is 123 Å². The zero-order valence-corrected chi connectivity index (χ0v) is 13.4. The minimum atomic E-state index is 0.0481. The standard InChI is InChI=1S/C15H20O2S2/c1-9-5-6-13(17-4)12(7-9)15(16)14-8-18-10(2)11(3)19-14/h5-7,10-11,14H,8H2,1-4H3. The molecule has 0 radical (unpaired) electrons. The molecule has 1 aromatic carbocycles. The van der Waals surface area contributed by atoms with Crippen molar-refractivity contribution < 1.29 is 9.53 Å². The number of Topliss-reactive ketones (excluding diaryl/α,β-unsaturated/α-hetero) is 1. The molecule has 1 aromatic rings. The zero-order chi connectivity index (χ0) is 14.0. The first-order valence-electron chi connectivity index (χ1n) is 6.49. The first-order valence-corrected chi connectivity index (χ1v) is 8.48. The van der Waals surface area contributed by atoms with E-state index < -0.39 is 0 Å². The van der Waals surface area contributed by atoms with Crippen molar-refractivity contribution in [2.75, 3.05) is 12.9 Å². The molecule has 2 rings (SSSR count). The summed E-state index contributed by atoms with van der Waals surface area (Å²) in [7, 11) is 1.62. The van der Waals surface area contributed by atoms with E-state index in [9.17, 15) is 4.79 Å². The predicted octanol–water partition coefficient (Wildman–Crippen LogP) is 3.81. The van der Waals surface area contributed by atoms with E-state index >= 15 is 0 Å². The average molecular weight is 296 g/mol. The number of thioether (sulfide) groups is 2. The van der Waals surface area contributed by atoms with E-state index in [-0.39, 0.29) is 11.0 Å². The first-order chi connectivity index (χ1) is 9.02. The Bertz CT molecular complexity index is 473. The SMILES string of the molecule is COc1ccc(C)cc1C(=O)C1CSC(C)C(C)S1. The maximum atomic E-state index is 12.7. The maximum absolute atomic E-state index is 12.7. The van der Waals surface area contributed by atoms with Gasteiger partial charge in [0, 0.05) is 16.3 Å². The van der Waals surface area contributed by atoms with Gasteiger partial charge in [-0.05, 0) is 19.1 Å². The Morgan fingerprint density at radius 1 is 1.32 bits per heavy atom. The summed E-state index contributed by atoms with van der Waals surface area (Å²) in [6, 6.07) is 5.80. The summed E-state index contributed by atoms with van der Waals surface area (Å²) in [4.78, 5) is 12.7. The summed E-state index contributed by atoms with van der Waals surface area (Å²) in [5.74, 6) is 1.79. The number of rotatable bonds is 3. The van der Waals surface area contributed by atoms with Crippen LogP contribution in [0.1, 0.15) is 29.8 Å². The monoisotopic (exact) mass is 296 g/mol. The van der Waals surface area contributed by atoms with Gasteiger partial charge in [-0.3, -0.25) is 4.79 Å². The van der Waals surface area contributed by atoms with Crippen molar-refractivity contribution in [2.45, 2.75) is 36.5 Å². The molecule has 0 aliphatic carbocycles. The van der Waals surface area contributed by atoms with Gasteiger partial charge < -0.3 is 4.74 Å². The van der Waals surface area contributed by atoms with Gasteiger partial charge in [0.2, 0.25) is 0 Å². The Kier molecular flexibility index (Phi) is 4.85. The number of hydrogen-bond donors (Lipinski definition) is 0. The topological polar surface area (TPSA) is 26.3 Å². The number of methoxy groups -OCH3 is 1. The third kappa shape index (κ3) is 3.29. The summed E-state index contributed by atoms with van der Waals surface area (Å²) in [6.07, 6.45) is 0. The van der Waals surface area contributed by atoms with Crippen molar-refractivity contribution in [3.05, 3.63) is 29.3 Å². The van der Waals surface area contributed by atoms with Gasteiger partial charge in [0.05, 0.1) is 17.9 Å². The second-order valence-corrected chi connectivity index (χ2v) is 7.93. The second-order valence-electron chi connectivity index (χ2n) is 4.94. The fourth-order valence-corrected chi connectivity index (χ4v) is 4.98. The molecule has 3 atom stereocenters. The third-order valence-corrected chi connectivity index (χ3v) is 6.85. The van der Waals surface area contributed by atoms with Crippen molar-refractivity contribution in [3.8, 4) is 5.75 Å². The van der Waals surface area contributed by atoms with Gasteiger partial charge in [-0.15, -0.1) is 11.8 Å². The Morgan fingerprint density at radius 3 is 2.68 bits per heavy atom. The molecule has 1 fully saturated rings. The predicted molar refractivity (Wildman–Crippen MR) is 84.8 cm³/mol. The highest BCUT2D eigenvalue weighted by Gasteiger charge is 2.32. The lowest BCUT2D eigenvalue weighted by molar-refractivity contribution is 0.0992. The number of carbonyl (C=O) groups is 1. The van der Waals surface area contributed by atoms with Crippen LogP contribution in [0.5, 0.6) is 5.75 Å². The molecular formula is C15H20O2S2. The van der Waals surface area contributed by atoms with Crippen LogP contribution in [0.2, 0.25) is 0 Å². The first kappa shape index (κ1) is 14.8. The molecule has 0 N–H and O–H groups in total. The van der Waals surface area contributed by atoms with E-state index in [1.165, 1.54) is 0 Å². The molecule has 1 heterocycles. The number of aryl methyl sites for hydroxylation is 1. The number of benzene rings is 1. The van der Waals surface area contributed by atoms with Gasteiger partial charge in [-0.25, -0.2) is 0 Å². The number of carbonyl (C=O) groups excluding carboxylic acids is 1. The zero-order valence-electron chi connectivity index (χ0n) is 11.8. The highest BCUT2D eigenvalue weighted by molar-refractivity contribution is 8.08. The van der Waals surface area contributed by atoms with Crippen molar-refractivity contribution in [2.24, 2.45) is 0 Å². The van der Waals surface area contributed by atoms with Gasteiger partial charge >= 0.3 is 0 Å². The lowest BCUT2D eigenvalue weighted by Crippen LogP contribution is -2.31. The Morgan fingerprint density at radius 2 is 2.05 bits per heavy atom. The summed E-state index contributed by atoms with van der Waals surface area (Å²) >= 11 is 3.69. The molecule has 4 heteroatoms. The summed E-state index contributed by atoms with van der Waals surface area (Å²) in [5.41, 5.74) is 1.82. The molecular weight excluding hydrogens is 276 g/mol. The highest BCUT2D eigenvalue weighted by atomic mass is 32.2. The molecule has 1 saturated heterocycles. The minimum absolute atomic E-state index is 0.0481. The van der Waals surface area contributed by atoms with Crippen molar-refractivity contribution in [1.29, 1.82) is 0 Å². The maximum Gasteiger partial charge on any atom is 0.180 e. The lowest BCUT2D eigenvalue weighted by Gasteiger charge is -2.30. The molecule has 0 amide bonds. The van der Waals surface area contributed by atoms with E-state index in [0.29, 0.717) is 16.2 Å². The van der Waals surface area contributed by atoms with E-state index in [0.717, 1.165) is 16.9 Å². The van der Waals surface area contributed by atoms with Crippen molar-refractivity contribution >= 4 is 29.3 Å². The smallest absolute Gasteiger partial charge is 0.180 e. The summed E-state index contributed by atoms with van der Waals surface area (Å²) in [5, 5.41) is 1.18. The molecule has 19 heavy (non-hydrogen) atoms.